The van der Waals surface area contributed by atoms with Crippen molar-refractivity contribution in [3.8, 4) is 0 Å². The fourth-order valence-electron chi connectivity index (χ4n) is 1.26. The molecule has 69 valence electrons. The first-order chi connectivity index (χ1) is 5.77. The molecule has 0 spiro atoms. The van der Waals surface area contributed by atoms with E-state index in [9.17, 15) is 4.79 Å². The SMILES string of the molecule is COC(=O)N1C[CH]C[C@@H](OC)C1. The van der Waals surface area contributed by atoms with Gasteiger partial charge in [0.2, 0.25) is 0 Å². The predicted molar refractivity (Wildman–Crippen MR) is 43.7 cm³/mol. The molecule has 4 nitrogen and oxygen atoms in total. The van der Waals surface area contributed by atoms with Gasteiger partial charge in [0.05, 0.1) is 19.8 Å². The zero-order valence-corrected chi connectivity index (χ0v) is 7.45. The van der Waals surface area contributed by atoms with Crippen LogP contribution in [-0.2, 0) is 9.47 Å². The molecule has 12 heavy (non-hydrogen) atoms. The summed E-state index contributed by atoms with van der Waals surface area (Å²) in [5.41, 5.74) is 0. The number of carbonyl (C=O) groups excluding carboxylic acids is 1. The lowest BCUT2D eigenvalue weighted by Gasteiger charge is -2.30. The molecule has 1 radical (unpaired) electrons. The Balaban J connectivity index is 2.40. The van der Waals surface area contributed by atoms with Crippen molar-refractivity contribution in [2.24, 2.45) is 0 Å². The standard InChI is InChI=1S/C8H14NO3/c1-11-7-4-3-5-9(6-7)8(10)12-2/h3,7H,4-6H2,1-2H3/t7-/m1/s1. The third-order valence-corrected chi connectivity index (χ3v) is 1.97. The molecule has 0 aromatic rings. The van der Waals surface area contributed by atoms with Crippen LogP contribution in [0.15, 0.2) is 0 Å². The van der Waals surface area contributed by atoms with Gasteiger partial charge in [0, 0.05) is 13.7 Å². The quantitative estimate of drug-likeness (QED) is 0.583. The Morgan fingerprint density at radius 3 is 2.92 bits per heavy atom. The second-order valence-corrected chi connectivity index (χ2v) is 2.76. The van der Waals surface area contributed by atoms with E-state index >= 15 is 0 Å². The number of hydrogen-bond donors (Lipinski definition) is 0. The van der Waals surface area contributed by atoms with Crippen LogP contribution in [-0.4, -0.2) is 44.4 Å². The summed E-state index contributed by atoms with van der Waals surface area (Å²) in [5, 5.41) is 0. The highest BCUT2D eigenvalue weighted by Gasteiger charge is 2.23. The van der Waals surface area contributed by atoms with Gasteiger partial charge in [-0.1, -0.05) is 0 Å². The minimum Gasteiger partial charge on any atom is -0.453 e. The van der Waals surface area contributed by atoms with Gasteiger partial charge in [0.25, 0.3) is 0 Å². The van der Waals surface area contributed by atoms with Gasteiger partial charge in [0.1, 0.15) is 0 Å². The highest BCUT2D eigenvalue weighted by molar-refractivity contribution is 5.67. The third kappa shape index (κ3) is 2.11. The molecule has 1 saturated heterocycles. The number of ether oxygens (including phenoxy) is 2. The molecule has 1 heterocycles. The number of carbonyl (C=O) groups is 1. The Morgan fingerprint density at radius 2 is 2.33 bits per heavy atom. The van der Waals surface area contributed by atoms with E-state index in [1.165, 1.54) is 7.11 Å². The Labute approximate surface area is 72.4 Å². The van der Waals surface area contributed by atoms with Gasteiger partial charge >= 0.3 is 6.09 Å². The Kier molecular flexibility index (Phi) is 3.34. The van der Waals surface area contributed by atoms with Crippen molar-refractivity contribution in [2.45, 2.75) is 12.5 Å². The Bertz CT molecular complexity index is 160. The lowest BCUT2D eigenvalue weighted by atomic mass is 10.1. The van der Waals surface area contributed by atoms with Crippen molar-refractivity contribution in [3.63, 3.8) is 0 Å². The number of likely N-dealkylation sites (tertiary alicyclic amines) is 1. The monoisotopic (exact) mass is 172 g/mol. The summed E-state index contributed by atoms with van der Waals surface area (Å²) < 4.78 is 9.73. The highest BCUT2D eigenvalue weighted by atomic mass is 16.5. The van der Waals surface area contributed by atoms with Crippen LogP contribution >= 0.6 is 0 Å². The molecule has 1 amide bonds. The summed E-state index contributed by atoms with van der Waals surface area (Å²) in [6.45, 7) is 1.28. The minimum atomic E-state index is -0.284. The molecular formula is C8H14NO3. The van der Waals surface area contributed by atoms with Crippen molar-refractivity contribution >= 4 is 6.09 Å². The van der Waals surface area contributed by atoms with Crippen molar-refractivity contribution in [1.29, 1.82) is 0 Å². The van der Waals surface area contributed by atoms with E-state index in [0.29, 0.717) is 13.1 Å². The van der Waals surface area contributed by atoms with E-state index in [1.807, 2.05) is 6.42 Å². The second kappa shape index (κ2) is 4.30. The maximum Gasteiger partial charge on any atom is 0.409 e. The normalized spacial score (nSPS) is 23.8. The average molecular weight is 172 g/mol. The van der Waals surface area contributed by atoms with E-state index < -0.39 is 0 Å². The Hall–Kier alpha value is -0.770. The van der Waals surface area contributed by atoms with Crippen molar-refractivity contribution in [1.82, 2.24) is 4.90 Å². The van der Waals surface area contributed by atoms with Gasteiger partial charge in [-0.3, -0.25) is 0 Å². The summed E-state index contributed by atoms with van der Waals surface area (Å²) in [7, 11) is 3.04. The molecule has 0 aromatic carbocycles. The van der Waals surface area contributed by atoms with Gasteiger partial charge < -0.3 is 14.4 Å². The van der Waals surface area contributed by atoms with Gasteiger partial charge in [-0.05, 0) is 12.8 Å². The van der Waals surface area contributed by atoms with Crippen molar-refractivity contribution in [2.75, 3.05) is 27.3 Å². The molecule has 1 fully saturated rings. The van der Waals surface area contributed by atoms with Crippen molar-refractivity contribution in [3.05, 3.63) is 6.42 Å². The van der Waals surface area contributed by atoms with Crippen LogP contribution < -0.4 is 0 Å². The first-order valence-corrected chi connectivity index (χ1v) is 3.95. The molecule has 0 aliphatic carbocycles. The van der Waals surface area contributed by atoms with Gasteiger partial charge in [0.15, 0.2) is 0 Å². The predicted octanol–water partition coefficient (Wildman–Crippen LogP) is 0.678. The summed E-state index contributed by atoms with van der Waals surface area (Å²) in [4.78, 5) is 12.7. The number of hydrogen-bond acceptors (Lipinski definition) is 3. The van der Waals surface area contributed by atoms with Crippen molar-refractivity contribution < 1.29 is 14.3 Å². The molecule has 0 N–H and O–H groups in total. The number of methoxy groups -OCH3 is 2. The van der Waals surface area contributed by atoms with E-state index in [1.54, 1.807) is 12.0 Å². The second-order valence-electron chi connectivity index (χ2n) is 2.76. The summed E-state index contributed by atoms with van der Waals surface area (Å²) in [6, 6.07) is 0. The van der Waals surface area contributed by atoms with Crippen LogP contribution in [0.3, 0.4) is 0 Å². The molecule has 1 aliphatic rings. The molecule has 0 aromatic heterocycles. The topological polar surface area (TPSA) is 38.8 Å². The maximum absolute atomic E-state index is 11.1. The molecule has 1 aliphatic heterocycles. The molecular weight excluding hydrogens is 158 g/mol. The first-order valence-electron chi connectivity index (χ1n) is 3.95. The molecule has 1 atom stereocenters. The van der Waals surface area contributed by atoms with Gasteiger partial charge in [-0.2, -0.15) is 0 Å². The van der Waals surface area contributed by atoms with Crippen LogP contribution in [0.1, 0.15) is 6.42 Å². The largest absolute Gasteiger partial charge is 0.453 e. The van der Waals surface area contributed by atoms with Crippen LogP contribution in [0.5, 0.6) is 0 Å². The van der Waals surface area contributed by atoms with Crippen LogP contribution in [0.4, 0.5) is 4.79 Å². The smallest absolute Gasteiger partial charge is 0.409 e. The van der Waals surface area contributed by atoms with Crippen LogP contribution in [0.25, 0.3) is 0 Å². The van der Waals surface area contributed by atoms with Crippen LogP contribution in [0, 0.1) is 6.42 Å². The van der Waals surface area contributed by atoms with Crippen LogP contribution in [0.2, 0.25) is 0 Å². The fraction of sp³-hybridized carbons (Fsp3) is 0.750. The summed E-state index contributed by atoms with van der Waals surface area (Å²) in [5.74, 6) is 0. The molecule has 0 saturated carbocycles. The highest BCUT2D eigenvalue weighted by Crippen LogP contribution is 2.11. The fourth-order valence-corrected chi connectivity index (χ4v) is 1.26. The molecule has 1 rings (SSSR count). The van der Waals surface area contributed by atoms with Gasteiger partial charge in [-0.25, -0.2) is 4.79 Å². The average Bonchev–Trinajstić information content (AvgIpc) is 2.17. The molecule has 0 unspecified atom stereocenters. The zero-order chi connectivity index (χ0) is 8.97. The van der Waals surface area contributed by atoms with E-state index in [-0.39, 0.29) is 12.2 Å². The zero-order valence-electron chi connectivity index (χ0n) is 7.45. The van der Waals surface area contributed by atoms with E-state index in [0.717, 1.165) is 6.42 Å². The van der Waals surface area contributed by atoms with Gasteiger partial charge in [-0.15, -0.1) is 0 Å². The Morgan fingerprint density at radius 1 is 1.58 bits per heavy atom. The first kappa shape index (κ1) is 9.32. The third-order valence-electron chi connectivity index (χ3n) is 1.97. The summed E-state index contributed by atoms with van der Waals surface area (Å²) >= 11 is 0. The molecule has 4 heteroatoms. The number of piperidine rings is 1. The number of nitrogens with zero attached hydrogens (tertiary/aromatic N) is 1. The lowest BCUT2D eigenvalue weighted by Crippen LogP contribution is -2.43. The van der Waals surface area contributed by atoms with E-state index in [2.05, 4.69) is 4.74 Å². The maximum atomic E-state index is 11.1. The minimum absolute atomic E-state index is 0.123. The summed E-state index contributed by atoms with van der Waals surface area (Å²) in [6.07, 6.45) is 2.77. The van der Waals surface area contributed by atoms with E-state index in [4.69, 9.17) is 4.74 Å². The number of amides is 1. The molecule has 0 bridgehead atoms. The number of rotatable bonds is 1. The lowest BCUT2D eigenvalue weighted by molar-refractivity contribution is 0.0429.